The molecule has 3 nitrogen and oxygen atoms in total. The molecule has 0 aromatic heterocycles. The number of benzene rings is 1. The van der Waals surface area contributed by atoms with Crippen LogP contribution in [-0.2, 0) is 6.54 Å². The molecule has 0 aliphatic heterocycles. The highest BCUT2D eigenvalue weighted by atomic mass is 16.3. The van der Waals surface area contributed by atoms with E-state index in [2.05, 4.69) is 37.4 Å². The Morgan fingerprint density at radius 1 is 1.12 bits per heavy atom. The van der Waals surface area contributed by atoms with E-state index in [0.717, 1.165) is 5.56 Å². The van der Waals surface area contributed by atoms with E-state index >= 15 is 0 Å². The van der Waals surface area contributed by atoms with E-state index in [-0.39, 0.29) is 13.2 Å². The molecule has 0 bridgehead atoms. The van der Waals surface area contributed by atoms with Crippen LogP contribution in [-0.4, -0.2) is 29.0 Å². The van der Waals surface area contributed by atoms with E-state index in [1.165, 1.54) is 11.1 Å². The smallest absolute Gasteiger partial charge is 0.0633 e. The van der Waals surface area contributed by atoms with E-state index in [0.29, 0.717) is 6.54 Å². The third-order valence-corrected chi connectivity index (χ3v) is 2.99. The molecule has 0 radical (unpaired) electrons. The molecule has 0 atom stereocenters. The zero-order chi connectivity index (χ0) is 12.2. The fourth-order valence-electron chi connectivity index (χ4n) is 1.39. The van der Waals surface area contributed by atoms with Gasteiger partial charge in [-0.3, -0.25) is 0 Å². The molecular formula is C13H21NO2. The second-order valence-electron chi connectivity index (χ2n) is 4.65. The fraction of sp³-hybridized carbons (Fsp3) is 0.538. The average molecular weight is 223 g/mol. The molecule has 90 valence electrons. The molecule has 0 saturated carbocycles. The lowest BCUT2D eigenvalue weighted by Gasteiger charge is -2.26. The van der Waals surface area contributed by atoms with Crippen LogP contribution in [0.15, 0.2) is 18.2 Å². The SMILES string of the molecule is Cc1ccc(CNC(C)(CO)CO)cc1C. The lowest BCUT2D eigenvalue weighted by atomic mass is 10.0. The van der Waals surface area contributed by atoms with Crippen LogP contribution < -0.4 is 5.32 Å². The molecule has 16 heavy (non-hydrogen) atoms. The number of aliphatic hydroxyl groups excluding tert-OH is 2. The van der Waals surface area contributed by atoms with Gasteiger partial charge in [0.25, 0.3) is 0 Å². The zero-order valence-corrected chi connectivity index (χ0v) is 10.2. The van der Waals surface area contributed by atoms with Crippen molar-refractivity contribution in [3.05, 3.63) is 34.9 Å². The van der Waals surface area contributed by atoms with Crippen LogP contribution in [0.1, 0.15) is 23.6 Å². The van der Waals surface area contributed by atoms with Crippen LogP contribution in [0.3, 0.4) is 0 Å². The van der Waals surface area contributed by atoms with Crippen molar-refractivity contribution in [3.63, 3.8) is 0 Å². The van der Waals surface area contributed by atoms with Gasteiger partial charge in [0.2, 0.25) is 0 Å². The van der Waals surface area contributed by atoms with Crippen LogP contribution in [0.2, 0.25) is 0 Å². The molecule has 0 heterocycles. The van der Waals surface area contributed by atoms with Gasteiger partial charge < -0.3 is 15.5 Å². The first kappa shape index (κ1) is 13.2. The number of aliphatic hydroxyl groups is 2. The van der Waals surface area contributed by atoms with Gasteiger partial charge in [0, 0.05) is 6.54 Å². The van der Waals surface area contributed by atoms with Crippen LogP contribution in [0.25, 0.3) is 0 Å². The first-order chi connectivity index (χ1) is 7.50. The molecule has 1 aromatic rings. The lowest BCUT2D eigenvalue weighted by molar-refractivity contribution is 0.103. The Kier molecular flexibility index (Phi) is 4.47. The summed E-state index contributed by atoms with van der Waals surface area (Å²) in [6.45, 7) is 6.46. The number of nitrogens with one attached hydrogen (secondary N) is 1. The lowest BCUT2D eigenvalue weighted by Crippen LogP contribution is -2.48. The van der Waals surface area contributed by atoms with E-state index in [1.807, 2.05) is 0 Å². The first-order valence-electron chi connectivity index (χ1n) is 5.53. The highest BCUT2D eigenvalue weighted by Gasteiger charge is 2.20. The standard InChI is InChI=1S/C13H21NO2/c1-10-4-5-12(6-11(10)2)7-14-13(3,8-15)9-16/h4-6,14-16H,7-9H2,1-3H3. The molecule has 3 heteroatoms. The van der Waals surface area contributed by atoms with Crippen LogP contribution in [0.5, 0.6) is 0 Å². The summed E-state index contributed by atoms with van der Waals surface area (Å²) < 4.78 is 0. The van der Waals surface area contributed by atoms with Gasteiger partial charge in [-0.05, 0) is 37.5 Å². The summed E-state index contributed by atoms with van der Waals surface area (Å²) in [6.07, 6.45) is 0. The van der Waals surface area contributed by atoms with E-state index in [9.17, 15) is 0 Å². The third-order valence-electron chi connectivity index (χ3n) is 2.99. The van der Waals surface area contributed by atoms with Crippen LogP contribution in [0, 0.1) is 13.8 Å². The van der Waals surface area contributed by atoms with Crippen molar-refractivity contribution in [2.75, 3.05) is 13.2 Å². The summed E-state index contributed by atoms with van der Waals surface area (Å²) in [5.41, 5.74) is 3.08. The molecule has 1 aromatic carbocycles. The van der Waals surface area contributed by atoms with Crippen LogP contribution in [0.4, 0.5) is 0 Å². The normalized spacial score (nSPS) is 11.8. The van der Waals surface area contributed by atoms with Crippen molar-refractivity contribution < 1.29 is 10.2 Å². The quantitative estimate of drug-likeness (QED) is 0.701. The monoisotopic (exact) mass is 223 g/mol. The molecule has 0 spiro atoms. The summed E-state index contributed by atoms with van der Waals surface area (Å²) in [6, 6.07) is 6.27. The highest BCUT2D eigenvalue weighted by Crippen LogP contribution is 2.11. The molecule has 3 N–H and O–H groups in total. The van der Waals surface area contributed by atoms with Crippen molar-refractivity contribution in [1.29, 1.82) is 0 Å². The van der Waals surface area contributed by atoms with Gasteiger partial charge in [-0.25, -0.2) is 0 Å². The zero-order valence-electron chi connectivity index (χ0n) is 10.2. The van der Waals surface area contributed by atoms with Gasteiger partial charge in [-0.2, -0.15) is 0 Å². The number of hydrogen-bond acceptors (Lipinski definition) is 3. The second-order valence-corrected chi connectivity index (χ2v) is 4.65. The Morgan fingerprint density at radius 2 is 1.75 bits per heavy atom. The predicted molar refractivity (Wildman–Crippen MR) is 65.3 cm³/mol. The minimum absolute atomic E-state index is 0.0751. The molecular weight excluding hydrogens is 202 g/mol. The Labute approximate surface area is 97.1 Å². The van der Waals surface area contributed by atoms with Crippen molar-refractivity contribution in [2.45, 2.75) is 32.9 Å². The highest BCUT2D eigenvalue weighted by molar-refractivity contribution is 5.29. The maximum Gasteiger partial charge on any atom is 0.0633 e. The van der Waals surface area contributed by atoms with Gasteiger partial charge in [0.15, 0.2) is 0 Å². The molecule has 0 unspecified atom stereocenters. The van der Waals surface area contributed by atoms with Gasteiger partial charge in [-0.1, -0.05) is 18.2 Å². The molecule has 0 fully saturated rings. The Morgan fingerprint density at radius 3 is 2.25 bits per heavy atom. The van der Waals surface area contributed by atoms with E-state index in [4.69, 9.17) is 10.2 Å². The predicted octanol–water partition coefficient (Wildman–Crippen LogP) is 1.14. The maximum atomic E-state index is 9.14. The summed E-state index contributed by atoms with van der Waals surface area (Å²) in [5, 5.41) is 21.4. The largest absolute Gasteiger partial charge is 0.394 e. The summed E-state index contributed by atoms with van der Waals surface area (Å²) >= 11 is 0. The molecule has 0 amide bonds. The van der Waals surface area contributed by atoms with Crippen molar-refractivity contribution >= 4 is 0 Å². The number of aryl methyl sites for hydroxylation is 2. The van der Waals surface area contributed by atoms with Gasteiger partial charge in [0.1, 0.15) is 0 Å². The Balaban J connectivity index is 2.64. The minimum Gasteiger partial charge on any atom is -0.394 e. The summed E-state index contributed by atoms with van der Waals surface area (Å²) in [7, 11) is 0. The van der Waals surface area contributed by atoms with Crippen LogP contribution >= 0.6 is 0 Å². The minimum atomic E-state index is -0.612. The molecule has 0 saturated heterocycles. The third kappa shape index (κ3) is 3.30. The topological polar surface area (TPSA) is 52.5 Å². The van der Waals surface area contributed by atoms with Crippen molar-refractivity contribution in [1.82, 2.24) is 5.32 Å². The van der Waals surface area contributed by atoms with Crippen molar-refractivity contribution in [2.24, 2.45) is 0 Å². The van der Waals surface area contributed by atoms with Crippen molar-refractivity contribution in [3.8, 4) is 0 Å². The summed E-state index contributed by atoms with van der Waals surface area (Å²) in [4.78, 5) is 0. The molecule has 0 aliphatic carbocycles. The number of hydrogen-bond donors (Lipinski definition) is 3. The van der Waals surface area contributed by atoms with Gasteiger partial charge in [0.05, 0.1) is 18.8 Å². The van der Waals surface area contributed by atoms with E-state index in [1.54, 1.807) is 6.92 Å². The Hall–Kier alpha value is -0.900. The summed E-state index contributed by atoms with van der Waals surface area (Å²) in [5.74, 6) is 0. The van der Waals surface area contributed by atoms with Gasteiger partial charge >= 0.3 is 0 Å². The van der Waals surface area contributed by atoms with Gasteiger partial charge in [-0.15, -0.1) is 0 Å². The molecule has 0 aliphatic rings. The fourth-order valence-corrected chi connectivity index (χ4v) is 1.39. The first-order valence-corrected chi connectivity index (χ1v) is 5.53. The molecule has 1 rings (SSSR count). The number of rotatable bonds is 5. The second kappa shape index (κ2) is 5.43. The average Bonchev–Trinajstić information content (AvgIpc) is 2.30. The maximum absolute atomic E-state index is 9.14. The Bertz CT molecular complexity index is 346. The van der Waals surface area contributed by atoms with E-state index < -0.39 is 5.54 Å².